The molecule has 2 heterocycles. The topological polar surface area (TPSA) is 113 Å². The number of rotatable bonds is 7. The second kappa shape index (κ2) is 7.91. The van der Waals surface area contributed by atoms with Crippen molar-refractivity contribution in [2.45, 2.75) is 13.3 Å². The highest BCUT2D eigenvalue weighted by molar-refractivity contribution is 5.38. The fourth-order valence-corrected chi connectivity index (χ4v) is 2.12. The van der Waals surface area contributed by atoms with E-state index in [0.717, 1.165) is 32.6 Å². The zero-order valence-corrected chi connectivity index (χ0v) is 12.3. The maximum atomic E-state index is 8.96. The van der Waals surface area contributed by atoms with Gasteiger partial charge in [0, 0.05) is 32.7 Å². The van der Waals surface area contributed by atoms with Gasteiger partial charge in [-0.25, -0.2) is 5.84 Å². The first kappa shape index (κ1) is 15.7. The predicted molar refractivity (Wildman–Crippen MR) is 79.2 cm³/mol. The van der Waals surface area contributed by atoms with E-state index in [4.69, 9.17) is 15.7 Å². The number of nitrogens with one attached hydrogen (secondary N) is 1. The van der Waals surface area contributed by atoms with Gasteiger partial charge >= 0.3 is 6.01 Å². The number of hydrazine groups is 1. The number of aliphatic hydroxyl groups is 1. The third-order valence-corrected chi connectivity index (χ3v) is 3.24. The molecule has 1 saturated heterocycles. The summed E-state index contributed by atoms with van der Waals surface area (Å²) in [6.07, 6.45) is 0.881. The van der Waals surface area contributed by atoms with E-state index in [-0.39, 0.29) is 12.6 Å². The van der Waals surface area contributed by atoms with Gasteiger partial charge in [-0.1, -0.05) is 6.92 Å². The normalized spacial score (nSPS) is 16.0. The number of hydrogen-bond donors (Lipinski definition) is 3. The number of ether oxygens (including phenoxy) is 1. The van der Waals surface area contributed by atoms with Gasteiger partial charge in [0.15, 0.2) is 0 Å². The van der Waals surface area contributed by atoms with Crippen molar-refractivity contribution in [1.82, 2.24) is 19.9 Å². The van der Waals surface area contributed by atoms with Crippen LogP contribution in [0.4, 0.5) is 11.9 Å². The summed E-state index contributed by atoms with van der Waals surface area (Å²) in [5.41, 5.74) is 2.44. The Labute approximate surface area is 124 Å². The first-order valence-corrected chi connectivity index (χ1v) is 7.20. The zero-order valence-electron chi connectivity index (χ0n) is 12.3. The molecule has 9 nitrogen and oxygen atoms in total. The van der Waals surface area contributed by atoms with E-state index in [0.29, 0.717) is 25.0 Å². The number of nitrogens with zero attached hydrogens (tertiary/aromatic N) is 5. The van der Waals surface area contributed by atoms with Crippen LogP contribution in [-0.4, -0.2) is 70.9 Å². The van der Waals surface area contributed by atoms with Crippen molar-refractivity contribution in [2.75, 3.05) is 56.3 Å². The number of anilines is 2. The van der Waals surface area contributed by atoms with E-state index in [1.165, 1.54) is 0 Å². The van der Waals surface area contributed by atoms with Crippen LogP contribution < -0.4 is 20.9 Å². The molecule has 0 amide bonds. The molecule has 9 heteroatoms. The highest BCUT2D eigenvalue weighted by atomic mass is 16.5. The Morgan fingerprint density at radius 3 is 2.62 bits per heavy atom. The fraction of sp³-hybridized carbons (Fsp3) is 0.750. The predicted octanol–water partition coefficient (Wildman–Crippen LogP) is -0.940. The summed E-state index contributed by atoms with van der Waals surface area (Å²) in [5, 5.41) is 8.96. The molecule has 21 heavy (non-hydrogen) atoms. The van der Waals surface area contributed by atoms with E-state index < -0.39 is 0 Å². The third-order valence-electron chi connectivity index (χ3n) is 3.24. The number of nitrogen functional groups attached to an aromatic ring is 1. The molecular weight excluding hydrogens is 274 g/mol. The molecule has 118 valence electrons. The van der Waals surface area contributed by atoms with Crippen molar-refractivity contribution in [1.29, 1.82) is 0 Å². The number of hydrogen-bond acceptors (Lipinski definition) is 9. The lowest BCUT2D eigenvalue weighted by Gasteiger charge is -2.34. The standard InChI is InChI=1S/C12H23N7O2/c1-2-9-21-12-15-10(17-13)14-11(16-12)19-5-3-18(4-6-19)7-8-20/h20H,2-9,13H2,1H3,(H,14,15,16,17). The SMILES string of the molecule is CCCOc1nc(NN)nc(N2CCN(CCO)CC2)n1. The number of piperazine rings is 1. The van der Waals surface area contributed by atoms with Crippen LogP contribution in [0.2, 0.25) is 0 Å². The summed E-state index contributed by atoms with van der Waals surface area (Å²) in [6.45, 7) is 6.77. The Kier molecular flexibility index (Phi) is 5.90. The molecule has 0 aromatic carbocycles. The second-order valence-electron chi connectivity index (χ2n) is 4.79. The number of aromatic nitrogens is 3. The van der Waals surface area contributed by atoms with Crippen LogP contribution in [0.5, 0.6) is 6.01 Å². The lowest BCUT2D eigenvalue weighted by Crippen LogP contribution is -2.47. The average Bonchev–Trinajstić information content (AvgIpc) is 2.53. The maximum absolute atomic E-state index is 8.96. The molecule has 1 aliphatic heterocycles. The van der Waals surface area contributed by atoms with Crippen molar-refractivity contribution in [3.63, 3.8) is 0 Å². The minimum absolute atomic E-state index is 0.183. The summed E-state index contributed by atoms with van der Waals surface area (Å²) in [6, 6.07) is 0.285. The molecule has 0 saturated carbocycles. The molecule has 1 aromatic heterocycles. The highest BCUT2D eigenvalue weighted by Gasteiger charge is 2.20. The first-order valence-electron chi connectivity index (χ1n) is 7.20. The lowest BCUT2D eigenvalue weighted by molar-refractivity contribution is 0.188. The Morgan fingerprint density at radius 2 is 2.00 bits per heavy atom. The molecule has 0 unspecified atom stereocenters. The van der Waals surface area contributed by atoms with Gasteiger partial charge in [-0.3, -0.25) is 10.3 Å². The molecule has 0 spiro atoms. The van der Waals surface area contributed by atoms with Gasteiger partial charge in [-0.2, -0.15) is 15.0 Å². The molecule has 0 bridgehead atoms. The minimum Gasteiger partial charge on any atom is -0.463 e. The van der Waals surface area contributed by atoms with Crippen molar-refractivity contribution in [3.05, 3.63) is 0 Å². The second-order valence-corrected chi connectivity index (χ2v) is 4.79. The van der Waals surface area contributed by atoms with Crippen molar-refractivity contribution in [3.8, 4) is 6.01 Å². The Balaban J connectivity index is 2.04. The van der Waals surface area contributed by atoms with Gasteiger partial charge in [0.05, 0.1) is 13.2 Å². The minimum atomic E-state index is 0.183. The quantitative estimate of drug-likeness (QED) is 0.433. The summed E-state index contributed by atoms with van der Waals surface area (Å²) in [5.74, 6) is 6.25. The van der Waals surface area contributed by atoms with Crippen LogP contribution in [-0.2, 0) is 0 Å². The van der Waals surface area contributed by atoms with Gasteiger partial charge in [0.25, 0.3) is 0 Å². The molecular formula is C12H23N7O2. The van der Waals surface area contributed by atoms with Crippen LogP contribution in [0.3, 0.4) is 0 Å². The molecule has 4 N–H and O–H groups in total. The van der Waals surface area contributed by atoms with Crippen molar-refractivity contribution < 1.29 is 9.84 Å². The van der Waals surface area contributed by atoms with Crippen molar-refractivity contribution >= 4 is 11.9 Å². The van der Waals surface area contributed by atoms with Gasteiger partial charge in [0.1, 0.15) is 0 Å². The van der Waals surface area contributed by atoms with E-state index in [1.807, 2.05) is 6.92 Å². The van der Waals surface area contributed by atoms with Gasteiger partial charge in [-0.15, -0.1) is 0 Å². The number of aliphatic hydroxyl groups excluding tert-OH is 1. The third kappa shape index (κ3) is 4.38. The highest BCUT2D eigenvalue weighted by Crippen LogP contribution is 2.16. The monoisotopic (exact) mass is 297 g/mol. The molecule has 0 radical (unpaired) electrons. The lowest BCUT2D eigenvalue weighted by atomic mass is 10.3. The van der Waals surface area contributed by atoms with Gasteiger partial charge in [0.2, 0.25) is 11.9 Å². The van der Waals surface area contributed by atoms with Crippen LogP contribution >= 0.6 is 0 Å². The van der Waals surface area contributed by atoms with E-state index in [9.17, 15) is 0 Å². The van der Waals surface area contributed by atoms with Crippen LogP contribution in [0, 0.1) is 0 Å². The molecule has 1 aromatic rings. The van der Waals surface area contributed by atoms with Gasteiger partial charge < -0.3 is 14.7 Å². The van der Waals surface area contributed by atoms with E-state index in [2.05, 4.69) is 30.2 Å². The summed E-state index contributed by atoms with van der Waals surface area (Å²) >= 11 is 0. The molecule has 1 fully saturated rings. The Morgan fingerprint density at radius 1 is 1.24 bits per heavy atom. The molecule has 0 aliphatic carbocycles. The largest absolute Gasteiger partial charge is 0.463 e. The molecule has 2 rings (SSSR count). The Hall–Kier alpha value is -1.71. The zero-order chi connectivity index (χ0) is 15.1. The number of β-amino-alcohol motifs (C(OH)–C–C–N with tert-alkyl or cyclic N) is 1. The Bertz CT molecular complexity index is 438. The molecule has 1 aliphatic rings. The average molecular weight is 297 g/mol. The van der Waals surface area contributed by atoms with E-state index in [1.54, 1.807) is 0 Å². The summed E-state index contributed by atoms with van der Waals surface area (Å²) in [7, 11) is 0. The smallest absolute Gasteiger partial charge is 0.323 e. The first-order chi connectivity index (χ1) is 10.3. The van der Waals surface area contributed by atoms with Crippen LogP contribution in [0.15, 0.2) is 0 Å². The summed E-state index contributed by atoms with van der Waals surface area (Å²) < 4.78 is 5.46. The van der Waals surface area contributed by atoms with E-state index >= 15 is 0 Å². The molecule has 0 atom stereocenters. The van der Waals surface area contributed by atoms with Crippen molar-refractivity contribution in [2.24, 2.45) is 5.84 Å². The fourth-order valence-electron chi connectivity index (χ4n) is 2.12. The maximum Gasteiger partial charge on any atom is 0.323 e. The van der Waals surface area contributed by atoms with Crippen LogP contribution in [0.1, 0.15) is 13.3 Å². The van der Waals surface area contributed by atoms with Crippen LogP contribution in [0.25, 0.3) is 0 Å². The summed E-state index contributed by atoms with van der Waals surface area (Å²) in [4.78, 5) is 17.0. The van der Waals surface area contributed by atoms with Gasteiger partial charge in [-0.05, 0) is 6.42 Å². The number of nitrogens with two attached hydrogens (primary N) is 1.